The normalized spacial score (nSPS) is 16.2. The van der Waals surface area contributed by atoms with E-state index in [4.69, 9.17) is 0 Å². The van der Waals surface area contributed by atoms with Crippen molar-refractivity contribution >= 4 is 9.84 Å². The van der Waals surface area contributed by atoms with E-state index in [-0.39, 0.29) is 0 Å². The minimum absolute atomic E-state index is 0.556. The number of allylic oxidation sites excluding steroid dienone is 2. The number of rotatable bonds is 20. The summed E-state index contributed by atoms with van der Waals surface area (Å²) in [6.07, 6.45) is 29.6. The van der Waals surface area contributed by atoms with E-state index in [9.17, 15) is 8.42 Å². The number of aryl methyl sites for hydroxylation is 2. The van der Waals surface area contributed by atoms with E-state index in [1.54, 1.807) is 0 Å². The lowest BCUT2D eigenvalue weighted by Crippen LogP contribution is -2.11. The molecule has 2 nitrogen and oxygen atoms in total. The summed E-state index contributed by atoms with van der Waals surface area (Å²) in [5, 5.41) is 0. The Labute approximate surface area is 264 Å². The van der Waals surface area contributed by atoms with E-state index in [1.165, 1.54) is 101 Å². The molecule has 2 aliphatic carbocycles. The lowest BCUT2D eigenvalue weighted by molar-refractivity contribution is 0.587. The molecule has 4 rings (SSSR count). The summed E-state index contributed by atoms with van der Waals surface area (Å²) < 4.78 is 29.1. The van der Waals surface area contributed by atoms with Crippen LogP contribution in [0.25, 0.3) is 0 Å². The Hall–Kier alpha value is -2.13. The van der Waals surface area contributed by atoms with Gasteiger partial charge in [-0.2, -0.15) is 0 Å². The molecule has 2 aromatic rings. The van der Waals surface area contributed by atoms with Crippen LogP contribution in [0, 0.1) is 0 Å². The third kappa shape index (κ3) is 9.93. The molecule has 2 aromatic carbocycles. The molecule has 0 spiro atoms. The first kappa shape index (κ1) is 33.8. The molecule has 2 aliphatic rings. The van der Waals surface area contributed by atoms with Gasteiger partial charge < -0.3 is 0 Å². The zero-order valence-corrected chi connectivity index (χ0v) is 27.8. The first-order chi connectivity index (χ1) is 21.0. The van der Waals surface area contributed by atoms with Gasteiger partial charge in [-0.1, -0.05) is 101 Å². The van der Waals surface area contributed by atoms with Gasteiger partial charge in [0.05, 0.1) is 9.79 Å². The van der Waals surface area contributed by atoms with Crippen molar-refractivity contribution in [2.45, 2.75) is 163 Å². The molecule has 0 unspecified atom stereocenters. The molecule has 236 valence electrons. The lowest BCUT2D eigenvalue weighted by atomic mass is 9.94. The van der Waals surface area contributed by atoms with Gasteiger partial charge in [0.25, 0.3) is 0 Å². The van der Waals surface area contributed by atoms with Gasteiger partial charge in [-0.25, -0.2) is 8.42 Å². The maximum Gasteiger partial charge on any atom is 0.207 e. The second-order valence-electron chi connectivity index (χ2n) is 13.4. The number of benzene rings is 2. The zero-order valence-electron chi connectivity index (χ0n) is 27.0. The van der Waals surface area contributed by atoms with Gasteiger partial charge in [0.1, 0.15) is 0 Å². The molecule has 0 amide bonds. The highest BCUT2D eigenvalue weighted by Crippen LogP contribution is 2.39. The molecule has 0 aromatic heterocycles. The molecule has 0 bridgehead atoms. The average molecular weight is 603 g/mol. The van der Waals surface area contributed by atoms with Crippen molar-refractivity contribution in [1.29, 1.82) is 0 Å². The molecule has 0 radical (unpaired) electrons. The number of hydrogen-bond donors (Lipinski definition) is 0. The van der Waals surface area contributed by atoms with Crippen LogP contribution in [0.4, 0.5) is 0 Å². The minimum atomic E-state index is -3.61. The smallest absolute Gasteiger partial charge is 0.207 e. The predicted octanol–water partition coefficient (Wildman–Crippen LogP) is 12.0. The minimum Gasteiger partial charge on any atom is -0.218 e. The number of unbranched alkanes of at least 4 members (excludes halogenated alkanes) is 10. The number of sulfone groups is 1. The summed E-state index contributed by atoms with van der Waals surface area (Å²) in [5.74, 6) is 1.17. The molecular weight excluding hydrogens is 545 g/mol. The van der Waals surface area contributed by atoms with Gasteiger partial charge >= 0.3 is 0 Å². The fraction of sp³-hybridized carbons (Fsp3) is 0.600. The lowest BCUT2D eigenvalue weighted by Gasteiger charge is -2.19. The largest absolute Gasteiger partial charge is 0.218 e. The highest BCUT2D eigenvalue weighted by Gasteiger charge is 2.27. The third-order valence-corrected chi connectivity index (χ3v) is 12.1. The van der Waals surface area contributed by atoms with Crippen LogP contribution >= 0.6 is 0 Å². The summed E-state index contributed by atoms with van der Waals surface area (Å²) in [6.45, 7) is 7.68. The van der Waals surface area contributed by atoms with Gasteiger partial charge in [0.15, 0.2) is 0 Å². The molecular formula is C40H58O2S. The van der Waals surface area contributed by atoms with E-state index in [1.807, 2.05) is 24.3 Å². The highest BCUT2D eigenvalue weighted by molar-refractivity contribution is 7.91. The molecule has 0 atom stereocenters. The van der Waals surface area contributed by atoms with Crippen LogP contribution in [0.1, 0.15) is 163 Å². The quantitative estimate of drug-likeness (QED) is 0.112. The highest BCUT2D eigenvalue weighted by atomic mass is 32.2. The first-order valence-corrected chi connectivity index (χ1v) is 19.3. The fourth-order valence-corrected chi connectivity index (χ4v) is 9.27. The predicted molar refractivity (Wildman–Crippen MR) is 184 cm³/mol. The summed E-state index contributed by atoms with van der Waals surface area (Å²) in [7, 11) is -3.61. The van der Waals surface area contributed by atoms with Crippen molar-refractivity contribution in [1.82, 2.24) is 0 Å². The Morgan fingerprint density at radius 3 is 1.33 bits per heavy atom. The SMILES string of the molecule is C=CCCCCCCCc1cc(C2CCCC2)ccc1S(=O)(=O)c1ccc(C2CCCC2)cc1CCCCCCCC=C. The molecule has 2 saturated carbocycles. The molecule has 0 saturated heterocycles. The Kier molecular flexibility index (Phi) is 14.1. The van der Waals surface area contributed by atoms with Crippen LogP contribution in [0.5, 0.6) is 0 Å². The van der Waals surface area contributed by atoms with Gasteiger partial charge in [0, 0.05) is 0 Å². The molecule has 2 fully saturated rings. The van der Waals surface area contributed by atoms with Crippen LogP contribution in [0.15, 0.2) is 71.5 Å². The standard InChI is InChI=1S/C40H58O2S/c1-3-5-7-9-11-13-15-25-37-31-35(33-21-17-18-22-33)27-29-39(37)43(41,42)40-30-28-36(34-23-19-20-24-34)32-38(40)26-16-14-12-10-8-6-4-2/h3-4,27-34H,1-2,5-26H2. The van der Waals surface area contributed by atoms with E-state index in [2.05, 4.69) is 37.4 Å². The average Bonchev–Trinajstić information content (AvgIpc) is 3.76. The van der Waals surface area contributed by atoms with Crippen molar-refractivity contribution < 1.29 is 8.42 Å². The molecule has 0 N–H and O–H groups in total. The van der Waals surface area contributed by atoms with E-state index < -0.39 is 9.84 Å². The molecule has 3 heteroatoms. The van der Waals surface area contributed by atoms with Crippen molar-refractivity contribution in [3.8, 4) is 0 Å². The van der Waals surface area contributed by atoms with Gasteiger partial charge in [-0.3, -0.25) is 0 Å². The van der Waals surface area contributed by atoms with Crippen LogP contribution in [-0.2, 0) is 22.7 Å². The van der Waals surface area contributed by atoms with E-state index in [0.717, 1.165) is 62.5 Å². The van der Waals surface area contributed by atoms with Crippen LogP contribution < -0.4 is 0 Å². The third-order valence-electron chi connectivity index (χ3n) is 10.1. The second-order valence-corrected chi connectivity index (χ2v) is 15.3. The van der Waals surface area contributed by atoms with Crippen molar-refractivity contribution in [3.63, 3.8) is 0 Å². The fourth-order valence-electron chi connectivity index (χ4n) is 7.53. The van der Waals surface area contributed by atoms with E-state index >= 15 is 0 Å². The number of hydrogen-bond acceptors (Lipinski definition) is 2. The van der Waals surface area contributed by atoms with E-state index in [0.29, 0.717) is 21.6 Å². The summed E-state index contributed by atoms with van der Waals surface area (Å²) >= 11 is 0. The second kappa shape index (κ2) is 18.0. The van der Waals surface area contributed by atoms with Crippen molar-refractivity contribution in [2.75, 3.05) is 0 Å². The Morgan fingerprint density at radius 1 is 0.558 bits per heavy atom. The summed E-state index contributed by atoms with van der Waals surface area (Å²) in [6, 6.07) is 12.8. The Balaban J connectivity index is 1.57. The Bertz CT molecular complexity index is 1150. The van der Waals surface area contributed by atoms with Gasteiger partial charge in [0.2, 0.25) is 9.84 Å². The van der Waals surface area contributed by atoms with Crippen molar-refractivity contribution in [2.24, 2.45) is 0 Å². The van der Waals surface area contributed by atoms with Crippen LogP contribution in [0.2, 0.25) is 0 Å². The zero-order chi connectivity index (χ0) is 30.3. The van der Waals surface area contributed by atoms with Crippen molar-refractivity contribution in [3.05, 3.63) is 84.0 Å². The summed E-state index contributed by atoms with van der Waals surface area (Å²) in [4.78, 5) is 1.11. The molecule has 43 heavy (non-hydrogen) atoms. The molecule has 0 aliphatic heterocycles. The molecule has 0 heterocycles. The first-order valence-electron chi connectivity index (χ1n) is 17.8. The van der Waals surface area contributed by atoms with Gasteiger partial charge in [-0.05, 0) is 123 Å². The maximum atomic E-state index is 14.5. The monoisotopic (exact) mass is 602 g/mol. The van der Waals surface area contributed by atoms with Crippen LogP contribution in [0.3, 0.4) is 0 Å². The summed E-state index contributed by atoms with van der Waals surface area (Å²) in [5.41, 5.74) is 4.79. The Morgan fingerprint density at radius 2 is 0.930 bits per heavy atom. The van der Waals surface area contributed by atoms with Crippen LogP contribution in [-0.4, -0.2) is 8.42 Å². The van der Waals surface area contributed by atoms with Gasteiger partial charge in [-0.15, -0.1) is 13.2 Å². The topological polar surface area (TPSA) is 34.1 Å². The maximum absolute atomic E-state index is 14.5.